The van der Waals surface area contributed by atoms with E-state index >= 15 is 0 Å². The van der Waals surface area contributed by atoms with Gasteiger partial charge in [-0.05, 0) is 47.8 Å². The Balaban J connectivity index is 1.87. The molecule has 2 rings (SSSR count). The molecule has 1 N–H and O–H groups in total. The molecule has 0 spiro atoms. The van der Waals surface area contributed by atoms with Gasteiger partial charge in [0.25, 0.3) is 0 Å². The second kappa shape index (κ2) is 3.13. The van der Waals surface area contributed by atoms with Crippen LogP contribution in [0.4, 0.5) is 0 Å². The van der Waals surface area contributed by atoms with Crippen molar-refractivity contribution in [1.82, 2.24) is 5.32 Å². The van der Waals surface area contributed by atoms with E-state index in [4.69, 9.17) is 0 Å². The molecule has 1 aliphatic rings. The van der Waals surface area contributed by atoms with E-state index in [1.807, 2.05) is 11.3 Å². The molecule has 0 atom stereocenters. The highest BCUT2D eigenvalue weighted by Crippen LogP contribution is 2.35. The molecule has 0 aliphatic heterocycles. The van der Waals surface area contributed by atoms with Crippen LogP contribution in [0.2, 0.25) is 0 Å². The predicted molar refractivity (Wildman–Crippen MR) is 56.5 cm³/mol. The minimum atomic E-state index is 0.455. The average molecular weight is 246 g/mol. The first kappa shape index (κ1) is 8.73. The van der Waals surface area contributed by atoms with Gasteiger partial charge < -0.3 is 5.32 Å². The molecular formula is C9H12BrNS. The van der Waals surface area contributed by atoms with Crippen LogP contribution in [-0.4, -0.2) is 5.54 Å². The molecule has 0 amide bonds. The van der Waals surface area contributed by atoms with E-state index in [1.165, 1.54) is 21.5 Å². The molecule has 1 aliphatic carbocycles. The summed E-state index contributed by atoms with van der Waals surface area (Å²) in [5.74, 6) is 0. The lowest BCUT2D eigenvalue weighted by Crippen LogP contribution is -2.26. The molecule has 1 aromatic rings. The molecule has 1 heterocycles. The Morgan fingerprint density at radius 2 is 2.33 bits per heavy atom. The quantitative estimate of drug-likeness (QED) is 0.863. The van der Waals surface area contributed by atoms with Gasteiger partial charge in [0.1, 0.15) is 0 Å². The summed E-state index contributed by atoms with van der Waals surface area (Å²) in [6.45, 7) is 3.31. The molecule has 66 valence electrons. The second-order valence-corrected chi connectivity index (χ2v) is 6.17. The monoisotopic (exact) mass is 245 g/mol. The van der Waals surface area contributed by atoms with E-state index in [1.54, 1.807) is 0 Å². The first-order valence-electron chi connectivity index (χ1n) is 4.17. The zero-order valence-corrected chi connectivity index (χ0v) is 9.46. The third-order valence-corrected chi connectivity index (χ3v) is 3.94. The van der Waals surface area contributed by atoms with Crippen molar-refractivity contribution in [2.24, 2.45) is 0 Å². The first-order valence-corrected chi connectivity index (χ1v) is 5.78. The number of nitrogens with one attached hydrogen (secondary N) is 1. The van der Waals surface area contributed by atoms with Crippen molar-refractivity contribution in [2.45, 2.75) is 31.8 Å². The molecule has 1 fully saturated rings. The fraction of sp³-hybridized carbons (Fsp3) is 0.556. The van der Waals surface area contributed by atoms with Gasteiger partial charge in [0.2, 0.25) is 0 Å². The smallest absolute Gasteiger partial charge is 0.0701 e. The van der Waals surface area contributed by atoms with Gasteiger partial charge >= 0.3 is 0 Å². The van der Waals surface area contributed by atoms with E-state index in [0.29, 0.717) is 5.54 Å². The van der Waals surface area contributed by atoms with Crippen LogP contribution < -0.4 is 5.32 Å². The van der Waals surface area contributed by atoms with E-state index in [9.17, 15) is 0 Å². The summed E-state index contributed by atoms with van der Waals surface area (Å²) >= 11 is 5.27. The summed E-state index contributed by atoms with van der Waals surface area (Å²) in [5.41, 5.74) is 0.455. The molecule has 1 aromatic heterocycles. The van der Waals surface area contributed by atoms with Gasteiger partial charge in [0.05, 0.1) is 3.79 Å². The third-order valence-electron chi connectivity index (χ3n) is 2.32. The minimum absolute atomic E-state index is 0.455. The Hall–Kier alpha value is 0.140. The van der Waals surface area contributed by atoms with Crippen molar-refractivity contribution >= 4 is 27.3 Å². The lowest BCUT2D eigenvalue weighted by molar-refractivity contribution is 0.541. The largest absolute Gasteiger partial charge is 0.307 e. The Morgan fingerprint density at radius 1 is 1.58 bits per heavy atom. The Bertz CT molecular complexity index is 278. The third kappa shape index (κ3) is 2.09. The van der Waals surface area contributed by atoms with Crippen LogP contribution in [0.1, 0.15) is 24.6 Å². The Labute approximate surface area is 85.3 Å². The van der Waals surface area contributed by atoms with Crippen molar-refractivity contribution in [2.75, 3.05) is 0 Å². The van der Waals surface area contributed by atoms with Crippen LogP contribution in [0.3, 0.4) is 0 Å². The fourth-order valence-corrected chi connectivity index (χ4v) is 2.53. The average Bonchev–Trinajstić information content (AvgIpc) is 2.60. The second-order valence-electron chi connectivity index (χ2n) is 3.62. The maximum atomic E-state index is 3.55. The van der Waals surface area contributed by atoms with Gasteiger partial charge in [0.15, 0.2) is 0 Å². The van der Waals surface area contributed by atoms with Gasteiger partial charge in [-0.2, -0.15) is 0 Å². The zero-order valence-electron chi connectivity index (χ0n) is 7.06. The topological polar surface area (TPSA) is 12.0 Å². The van der Waals surface area contributed by atoms with E-state index in [-0.39, 0.29) is 0 Å². The van der Waals surface area contributed by atoms with Gasteiger partial charge in [-0.25, -0.2) is 0 Å². The molecule has 1 saturated carbocycles. The molecule has 12 heavy (non-hydrogen) atoms. The van der Waals surface area contributed by atoms with Crippen molar-refractivity contribution in [3.8, 4) is 0 Å². The van der Waals surface area contributed by atoms with Crippen molar-refractivity contribution in [3.63, 3.8) is 0 Å². The lowest BCUT2D eigenvalue weighted by atomic mass is 10.3. The molecule has 3 heteroatoms. The Morgan fingerprint density at radius 3 is 2.83 bits per heavy atom. The highest BCUT2D eigenvalue weighted by atomic mass is 79.9. The van der Waals surface area contributed by atoms with Gasteiger partial charge in [-0.1, -0.05) is 0 Å². The molecule has 0 aromatic carbocycles. The van der Waals surface area contributed by atoms with Crippen LogP contribution in [0.15, 0.2) is 15.9 Å². The van der Waals surface area contributed by atoms with Gasteiger partial charge in [-0.3, -0.25) is 0 Å². The van der Waals surface area contributed by atoms with Crippen LogP contribution in [-0.2, 0) is 6.54 Å². The summed E-state index contributed by atoms with van der Waals surface area (Å²) < 4.78 is 1.22. The SMILES string of the molecule is CC1(NCc2ccc(Br)s2)CC1. The van der Waals surface area contributed by atoms with Crippen molar-refractivity contribution in [1.29, 1.82) is 0 Å². The summed E-state index contributed by atoms with van der Waals surface area (Å²) in [6.07, 6.45) is 2.67. The number of thiophene rings is 1. The van der Waals surface area contributed by atoms with Crippen LogP contribution in [0, 0.1) is 0 Å². The predicted octanol–water partition coefficient (Wildman–Crippen LogP) is 3.15. The van der Waals surface area contributed by atoms with Gasteiger partial charge in [0, 0.05) is 17.0 Å². The highest BCUT2D eigenvalue weighted by molar-refractivity contribution is 9.11. The van der Waals surface area contributed by atoms with E-state index in [0.717, 1.165) is 6.54 Å². The molecule has 0 radical (unpaired) electrons. The number of rotatable bonds is 3. The highest BCUT2D eigenvalue weighted by Gasteiger charge is 2.36. The first-order chi connectivity index (χ1) is 5.68. The van der Waals surface area contributed by atoms with E-state index < -0.39 is 0 Å². The molecule has 0 bridgehead atoms. The summed E-state index contributed by atoms with van der Waals surface area (Å²) in [4.78, 5) is 1.41. The van der Waals surface area contributed by atoms with Crippen molar-refractivity contribution in [3.05, 3.63) is 20.8 Å². The minimum Gasteiger partial charge on any atom is -0.307 e. The number of hydrogen-bond acceptors (Lipinski definition) is 2. The van der Waals surface area contributed by atoms with Crippen LogP contribution >= 0.6 is 27.3 Å². The van der Waals surface area contributed by atoms with Gasteiger partial charge in [-0.15, -0.1) is 11.3 Å². The maximum Gasteiger partial charge on any atom is 0.0701 e. The normalized spacial score (nSPS) is 19.5. The lowest BCUT2D eigenvalue weighted by Gasteiger charge is -2.08. The zero-order chi connectivity index (χ0) is 8.60. The fourth-order valence-electron chi connectivity index (χ4n) is 1.11. The molecule has 0 unspecified atom stereocenters. The Kier molecular flexibility index (Phi) is 2.27. The molecule has 0 saturated heterocycles. The van der Waals surface area contributed by atoms with Crippen molar-refractivity contribution < 1.29 is 0 Å². The summed E-state index contributed by atoms with van der Waals surface area (Å²) in [5, 5.41) is 3.55. The molecular weight excluding hydrogens is 234 g/mol. The molecule has 1 nitrogen and oxygen atoms in total. The number of halogens is 1. The standard InChI is InChI=1S/C9H12BrNS/c1-9(4-5-9)11-6-7-2-3-8(10)12-7/h2-3,11H,4-6H2,1H3. The maximum absolute atomic E-state index is 3.55. The summed E-state index contributed by atoms with van der Waals surface area (Å²) in [6, 6.07) is 4.28. The van der Waals surface area contributed by atoms with Crippen LogP contribution in [0.25, 0.3) is 0 Å². The summed E-state index contributed by atoms with van der Waals surface area (Å²) in [7, 11) is 0. The van der Waals surface area contributed by atoms with Crippen LogP contribution in [0.5, 0.6) is 0 Å². The van der Waals surface area contributed by atoms with E-state index in [2.05, 4.69) is 40.3 Å². The number of hydrogen-bond donors (Lipinski definition) is 1.